The average molecular weight is 209 g/mol. The molecule has 0 saturated carbocycles. The molecule has 0 spiro atoms. The first kappa shape index (κ1) is 11.8. The van der Waals surface area contributed by atoms with E-state index in [9.17, 15) is 4.79 Å². The zero-order chi connectivity index (χ0) is 11.1. The van der Waals surface area contributed by atoms with Gasteiger partial charge in [0, 0.05) is 19.5 Å². The Hall–Kier alpha value is -1.25. The predicted octanol–water partition coefficient (Wildman–Crippen LogP) is 2.41. The van der Waals surface area contributed by atoms with E-state index >= 15 is 0 Å². The SMILES string of the molecule is CC1=CCN(CCCCCC(=O)O)C=C1. The van der Waals surface area contributed by atoms with Crippen LogP contribution in [0.4, 0.5) is 0 Å². The standard InChI is InChI=1S/C12H19NO2/c1-11-6-9-13(10-7-11)8-4-2-3-5-12(14)15/h6-7,9H,2-5,8,10H2,1H3,(H,14,15). The maximum Gasteiger partial charge on any atom is 0.303 e. The van der Waals surface area contributed by atoms with Crippen LogP contribution < -0.4 is 0 Å². The molecule has 1 rings (SSSR count). The monoisotopic (exact) mass is 209 g/mol. The molecule has 1 aliphatic rings. The van der Waals surface area contributed by atoms with Crippen molar-refractivity contribution in [2.45, 2.75) is 32.6 Å². The molecule has 0 aromatic heterocycles. The van der Waals surface area contributed by atoms with Crippen LogP contribution in [0.3, 0.4) is 0 Å². The molecule has 3 heteroatoms. The molecule has 3 nitrogen and oxygen atoms in total. The fraction of sp³-hybridized carbons (Fsp3) is 0.583. The Balaban J connectivity index is 2.02. The summed E-state index contributed by atoms with van der Waals surface area (Å²) >= 11 is 0. The van der Waals surface area contributed by atoms with Gasteiger partial charge in [0.25, 0.3) is 0 Å². The second kappa shape index (κ2) is 6.27. The summed E-state index contributed by atoms with van der Waals surface area (Å²) in [5, 5.41) is 8.46. The fourth-order valence-electron chi connectivity index (χ4n) is 1.55. The van der Waals surface area contributed by atoms with Gasteiger partial charge < -0.3 is 10.0 Å². The summed E-state index contributed by atoms with van der Waals surface area (Å²) in [4.78, 5) is 12.5. The van der Waals surface area contributed by atoms with Crippen molar-refractivity contribution in [3.05, 3.63) is 23.9 Å². The maximum atomic E-state index is 10.3. The molecular weight excluding hydrogens is 190 g/mol. The second-order valence-electron chi connectivity index (χ2n) is 3.96. The third-order valence-electron chi connectivity index (χ3n) is 2.53. The number of carboxylic acid groups (broad SMARTS) is 1. The lowest BCUT2D eigenvalue weighted by atomic mass is 10.1. The highest BCUT2D eigenvalue weighted by molar-refractivity contribution is 5.66. The van der Waals surface area contributed by atoms with Crippen LogP contribution in [-0.2, 0) is 4.79 Å². The van der Waals surface area contributed by atoms with Gasteiger partial charge in [-0.3, -0.25) is 4.79 Å². The summed E-state index contributed by atoms with van der Waals surface area (Å²) in [5.74, 6) is -0.688. The van der Waals surface area contributed by atoms with Crippen LogP contribution in [0.1, 0.15) is 32.6 Å². The van der Waals surface area contributed by atoms with Crippen LogP contribution >= 0.6 is 0 Å². The molecule has 0 radical (unpaired) electrons. The molecule has 0 aromatic rings. The van der Waals surface area contributed by atoms with Crippen molar-refractivity contribution in [1.29, 1.82) is 0 Å². The van der Waals surface area contributed by atoms with Gasteiger partial charge in [0.05, 0.1) is 0 Å². The van der Waals surface area contributed by atoms with Crippen molar-refractivity contribution < 1.29 is 9.90 Å². The van der Waals surface area contributed by atoms with Gasteiger partial charge >= 0.3 is 5.97 Å². The first-order valence-electron chi connectivity index (χ1n) is 5.49. The Kier molecular flexibility index (Phi) is 4.95. The van der Waals surface area contributed by atoms with E-state index in [-0.39, 0.29) is 0 Å². The average Bonchev–Trinajstić information content (AvgIpc) is 2.20. The molecule has 0 fully saturated rings. The van der Waals surface area contributed by atoms with Crippen LogP contribution in [0.5, 0.6) is 0 Å². The van der Waals surface area contributed by atoms with Crippen molar-refractivity contribution in [3.8, 4) is 0 Å². The van der Waals surface area contributed by atoms with Crippen LogP contribution in [0.2, 0.25) is 0 Å². The second-order valence-corrected chi connectivity index (χ2v) is 3.96. The molecule has 1 aliphatic heterocycles. The van der Waals surface area contributed by atoms with Crippen molar-refractivity contribution in [1.82, 2.24) is 4.90 Å². The van der Waals surface area contributed by atoms with E-state index in [0.717, 1.165) is 32.4 Å². The van der Waals surface area contributed by atoms with Crippen molar-refractivity contribution in [2.75, 3.05) is 13.1 Å². The predicted molar refractivity (Wildman–Crippen MR) is 60.6 cm³/mol. The van der Waals surface area contributed by atoms with E-state index in [1.54, 1.807) is 0 Å². The fourth-order valence-corrected chi connectivity index (χ4v) is 1.55. The lowest BCUT2D eigenvalue weighted by molar-refractivity contribution is -0.137. The normalized spacial score (nSPS) is 15.3. The highest BCUT2D eigenvalue weighted by atomic mass is 16.4. The zero-order valence-electron chi connectivity index (χ0n) is 9.28. The van der Waals surface area contributed by atoms with E-state index in [0.29, 0.717) is 6.42 Å². The Labute approximate surface area is 91.1 Å². The van der Waals surface area contributed by atoms with E-state index in [1.807, 2.05) is 0 Å². The largest absolute Gasteiger partial charge is 0.481 e. The van der Waals surface area contributed by atoms with Crippen molar-refractivity contribution in [2.24, 2.45) is 0 Å². The highest BCUT2D eigenvalue weighted by Gasteiger charge is 2.02. The van der Waals surface area contributed by atoms with Gasteiger partial charge in [0.15, 0.2) is 0 Å². The zero-order valence-corrected chi connectivity index (χ0v) is 9.28. The Morgan fingerprint density at radius 1 is 1.47 bits per heavy atom. The molecule has 0 unspecified atom stereocenters. The van der Waals surface area contributed by atoms with Gasteiger partial charge in [-0.15, -0.1) is 0 Å². The quantitative estimate of drug-likeness (QED) is 0.683. The molecule has 0 amide bonds. The van der Waals surface area contributed by atoms with Crippen LogP contribution in [0, 0.1) is 0 Å². The minimum absolute atomic E-state index is 0.300. The number of unbranched alkanes of at least 4 members (excludes halogenated alkanes) is 2. The number of rotatable bonds is 6. The molecule has 1 heterocycles. The number of aliphatic carboxylic acids is 1. The smallest absolute Gasteiger partial charge is 0.303 e. The van der Waals surface area contributed by atoms with Gasteiger partial charge in [0.2, 0.25) is 0 Å². The molecule has 0 atom stereocenters. The van der Waals surface area contributed by atoms with E-state index in [4.69, 9.17) is 5.11 Å². The van der Waals surface area contributed by atoms with E-state index in [2.05, 4.69) is 30.2 Å². The summed E-state index contributed by atoms with van der Waals surface area (Å²) in [5.41, 5.74) is 1.32. The molecule has 15 heavy (non-hydrogen) atoms. The van der Waals surface area contributed by atoms with Crippen LogP contribution in [0.25, 0.3) is 0 Å². The van der Waals surface area contributed by atoms with Gasteiger partial charge in [0.1, 0.15) is 0 Å². The number of hydrogen-bond donors (Lipinski definition) is 1. The molecule has 1 N–H and O–H groups in total. The molecular formula is C12H19NO2. The number of nitrogens with zero attached hydrogens (tertiary/aromatic N) is 1. The van der Waals surface area contributed by atoms with Gasteiger partial charge in [-0.2, -0.15) is 0 Å². The van der Waals surface area contributed by atoms with Gasteiger partial charge in [-0.05, 0) is 32.0 Å². The summed E-state index contributed by atoms with van der Waals surface area (Å²) in [6.07, 6.45) is 9.60. The summed E-state index contributed by atoms with van der Waals surface area (Å²) < 4.78 is 0. The minimum Gasteiger partial charge on any atom is -0.481 e. The van der Waals surface area contributed by atoms with Crippen LogP contribution in [0.15, 0.2) is 23.9 Å². The third kappa shape index (κ3) is 5.25. The molecule has 0 aromatic carbocycles. The number of hydrogen-bond acceptors (Lipinski definition) is 2. The Morgan fingerprint density at radius 2 is 2.27 bits per heavy atom. The lowest BCUT2D eigenvalue weighted by Crippen LogP contribution is -2.20. The Bertz CT molecular complexity index is 269. The van der Waals surface area contributed by atoms with Crippen molar-refractivity contribution in [3.63, 3.8) is 0 Å². The van der Waals surface area contributed by atoms with Gasteiger partial charge in [-0.25, -0.2) is 0 Å². The molecule has 0 saturated heterocycles. The Morgan fingerprint density at radius 3 is 2.87 bits per heavy atom. The summed E-state index contributed by atoms with van der Waals surface area (Å²) in [7, 11) is 0. The topological polar surface area (TPSA) is 40.5 Å². The highest BCUT2D eigenvalue weighted by Crippen LogP contribution is 2.08. The minimum atomic E-state index is -0.688. The van der Waals surface area contributed by atoms with E-state index in [1.165, 1.54) is 5.57 Å². The third-order valence-corrected chi connectivity index (χ3v) is 2.53. The van der Waals surface area contributed by atoms with Crippen molar-refractivity contribution >= 4 is 5.97 Å². The summed E-state index contributed by atoms with van der Waals surface area (Å²) in [6, 6.07) is 0. The first-order valence-corrected chi connectivity index (χ1v) is 5.49. The summed E-state index contributed by atoms with van der Waals surface area (Å²) in [6.45, 7) is 4.11. The molecule has 0 bridgehead atoms. The molecule has 0 aliphatic carbocycles. The first-order chi connectivity index (χ1) is 7.18. The number of carbonyl (C=O) groups is 1. The van der Waals surface area contributed by atoms with Gasteiger partial charge in [-0.1, -0.05) is 18.1 Å². The number of carboxylic acids is 1. The maximum absolute atomic E-state index is 10.3. The number of allylic oxidation sites excluding steroid dienone is 2. The van der Waals surface area contributed by atoms with Crippen LogP contribution in [-0.4, -0.2) is 29.1 Å². The lowest BCUT2D eigenvalue weighted by Gasteiger charge is -2.21. The molecule has 84 valence electrons. The van der Waals surface area contributed by atoms with E-state index < -0.39 is 5.97 Å².